The lowest BCUT2D eigenvalue weighted by atomic mass is 9.92. The van der Waals surface area contributed by atoms with Crippen molar-refractivity contribution in [3.63, 3.8) is 0 Å². The molecule has 0 bridgehead atoms. The van der Waals surface area contributed by atoms with Crippen LogP contribution in [-0.2, 0) is 24.6 Å². The summed E-state index contributed by atoms with van der Waals surface area (Å²) in [4.78, 5) is 12.8. The molecule has 1 aromatic carbocycles. The molecule has 1 aliphatic heterocycles. The van der Waals surface area contributed by atoms with Gasteiger partial charge in [-0.25, -0.2) is 4.79 Å². The Morgan fingerprint density at radius 3 is 2.38 bits per heavy atom. The molecule has 162 valence electrons. The van der Waals surface area contributed by atoms with Crippen LogP contribution in [0.25, 0.3) is 0 Å². The first-order valence-corrected chi connectivity index (χ1v) is 9.98. The van der Waals surface area contributed by atoms with Gasteiger partial charge in [0.1, 0.15) is 12.2 Å². The molecule has 29 heavy (non-hydrogen) atoms. The quantitative estimate of drug-likeness (QED) is 0.213. The molecule has 0 radical (unpaired) electrons. The highest BCUT2D eigenvalue weighted by Gasteiger charge is 2.64. The largest absolute Gasteiger partial charge is 0.453 e. The monoisotopic (exact) mass is 414 g/mol. The summed E-state index contributed by atoms with van der Waals surface area (Å²) >= 11 is 0. The fraction of sp³-hybridized carbons (Fsp3) is 0.591. The van der Waals surface area contributed by atoms with Gasteiger partial charge in [-0.1, -0.05) is 62.6 Å². The summed E-state index contributed by atoms with van der Waals surface area (Å²) in [5.74, 6) is -1.50. The summed E-state index contributed by atoms with van der Waals surface area (Å²) in [6.45, 7) is 3.90. The van der Waals surface area contributed by atoms with Crippen molar-refractivity contribution < 1.29 is 32.2 Å². The van der Waals surface area contributed by atoms with Crippen LogP contribution in [-0.4, -0.2) is 37.6 Å². The highest BCUT2D eigenvalue weighted by molar-refractivity contribution is 5.83. The van der Waals surface area contributed by atoms with Gasteiger partial charge in [0.25, 0.3) is 5.60 Å². The second-order valence-corrected chi connectivity index (χ2v) is 7.20. The molecule has 4 atom stereocenters. The average molecular weight is 414 g/mol. The molecule has 0 saturated carbocycles. The van der Waals surface area contributed by atoms with E-state index in [1.54, 1.807) is 19.1 Å². The summed E-state index contributed by atoms with van der Waals surface area (Å²) in [7, 11) is 0.858. The number of epoxide rings is 1. The summed E-state index contributed by atoms with van der Waals surface area (Å²) in [6, 6.07) is 6.80. The van der Waals surface area contributed by atoms with Crippen LogP contribution in [0.5, 0.6) is 0 Å². The van der Waals surface area contributed by atoms with E-state index < -0.39 is 30.0 Å². The van der Waals surface area contributed by atoms with Crippen molar-refractivity contribution in [2.75, 3.05) is 7.11 Å². The van der Waals surface area contributed by atoms with Crippen molar-refractivity contribution in [2.24, 2.45) is 0 Å². The molecule has 1 fully saturated rings. The lowest BCUT2D eigenvalue weighted by Gasteiger charge is -2.33. The second kappa shape index (κ2) is 10.3. The van der Waals surface area contributed by atoms with Crippen LogP contribution in [0, 0.1) is 0 Å². The third-order valence-corrected chi connectivity index (χ3v) is 5.05. The zero-order valence-electron chi connectivity index (χ0n) is 17.1. The molecule has 0 amide bonds. The van der Waals surface area contributed by atoms with Gasteiger partial charge in [-0.2, -0.15) is 13.2 Å². The van der Waals surface area contributed by atoms with Crippen molar-refractivity contribution in [3.05, 3.63) is 48.0 Å². The van der Waals surface area contributed by atoms with Gasteiger partial charge < -0.3 is 14.2 Å². The molecule has 1 aromatic rings. The molecule has 0 aromatic heterocycles. The van der Waals surface area contributed by atoms with Crippen molar-refractivity contribution in [1.29, 1.82) is 0 Å². The van der Waals surface area contributed by atoms with Gasteiger partial charge >= 0.3 is 12.1 Å². The Morgan fingerprint density at radius 2 is 1.86 bits per heavy atom. The maximum Gasteiger partial charge on any atom is 0.432 e. The number of methoxy groups -OCH3 is 1. The van der Waals surface area contributed by atoms with Crippen molar-refractivity contribution in [1.82, 2.24) is 0 Å². The van der Waals surface area contributed by atoms with Gasteiger partial charge in [-0.15, -0.1) is 0 Å². The van der Waals surface area contributed by atoms with Crippen molar-refractivity contribution in [2.45, 2.75) is 76.0 Å². The fourth-order valence-corrected chi connectivity index (χ4v) is 3.28. The van der Waals surface area contributed by atoms with E-state index in [4.69, 9.17) is 14.2 Å². The third-order valence-electron chi connectivity index (χ3n) is 5.05. The predicted octanol–water partition coefficient (Wildman–Crippen LogP) is 5.32. The minimum Gasteiger partial charge on any atom is -0.453 e. The Labute approximate surface area is 170 Å². The third kappa shape index (κ3) is 5.60. The molecule has 2 rings (SSSR count). The molecule has 0 unspecified atom stereocenters. The van der Waals surface area contributed by atoms with Gasteiger partial charge in [0.2, 0.25) is 0 Å². The number of alkyl halides is 3. The summed E-state index contributed by atoms with van der Waals surface area (Å²) < 4.78 is 57.5. The van der Waals surface area contributed by atoms with Crippen LogP contribution >= 0.6 is 0 Å². The van der Waals surface area contributed by atoms with Gasteiger partial charge in [-0.3, -0.25) is 0 Å². The maximum absolute atomic E-state index is 14.0. The van der Waals surface area contributed by atoms with Gasteiger partial charge in [-0.05, 0) is 25.8 Å². The first-order chi connectivity index (χ1) is 13.8. The lowest BCUT2D eigenvalue weighted by molar-refractivity contribution is -0.277. The Hall–Kier alpha value is -1.86. The summed E-state index contributed by atoms with van der Waals surface area (Å²) in [5, 5.41) is 0. The van der Waals surface area contributed by atoms with Crippen molar-refractivity contribution >= 4 is 5.97 Å². The number of allylic oxidation sites excluding steroid dienone is 1. The minimum absolute atomic E-state index is 0.183. The highest BCUT2D eigenvalue weighted by Crippen LogP contribution is 2.43. The molecule has 1 aliphatic rings. The van der Waals surface area contributed by atoms with Gasteiger partial charge in [0, 0.05) is 12.7 Å². The van der Waals surface area contributed by atoms with Crippen LogP contribution < -0.4 is 0 Å². The van der Waals surface area contributed by atoms with E-state index in [2.05, 4.69) is 6.92 Å². The number of halogens is 3. The molecule has 1 saturated heterocycles. The molecule has 7 heteroatoms. The van der Waals surface area contributed by atoms with Crippen LogP contribution in [0.4, 0.5) is 13.2 Å². The average Bonchev–Trinajstić information content (AvgIpc) is 3.41. The smallest absolute Gasteiger partial charge is 0.432 e. The van der Waals surface area contributed by atoms with E-state index in [1.165, 1.54) is 24.3 Å². The van der Waals surface area contributed by atoms with Gasteiger partial charge in [0.15, 0.2) is 0 Å². The van der Waals surface area contributed by atoms with E-state index in [9.17, 15) is 18.0 Å². The summed E-state index contributed by atoms with van der Waals surface area (Å²) in [5.41, 5.74) is -3.52. The van der Waals surface area contributed by atoms with E-state index in [0.717, 1.165) is 39.2 Å². The van der Waals surface area contributed by atoms with E-state index in [-0.39, 0.29) is 11.7 Å². The number of hydrogen-bond donors (Lipinski definition) is 0. The fourth-order valence-electron chi connectivity index (χ4n) is 3.28. The first-order valence-electron chi connectivity index (χ1n) is 9.98. The second-order valence-electron chi connectivity index (χ2n) is 7.20. The maximum atomic E-state index is 14.0. The van der Waals surface area contributed by atoms with Crippen LogP contribution in [0.15, 0.2) is 42.5 Å². The van der Waals surface area contributed by atoms with Crippen LogP contribution in [0.3, 0.4) is 0 Å². The Kier molecular flexibility index (Phi) is 8.28. The number of rotatable bonds is 11. The van der Waals surface area contributed by atoms with Crippen LogP contribution in [0.2, 0.25) is 0 Å². The zero-order chi connectivity index (χ0) is 21.5. The highest BCUT2D eigenvalue weighted by atomic mass is 19.4. The number of carbonyl (C=O) groups excluding carboxylic acids is 1. The first kappa shape index (κ1) is 23.4. The van der Waals surface area contributed by atoms with E-state index in [1.807, 2.05) is 6.08 Å². The summed E-state index contributed by atoms with van der Waals surface area (Å²) in [6.07, 6.45) is 2.00. The van der Waals surface area contributed by atoms with Crippen LogP contribution in [0.1, 0.15) is 51.5 Å². The number of carbonyl (C=O) groups is 1. The SMILES string of the molecule is CCCCCC/C=C/[C@H](OC(=O)[C@](OC)(c1ccccc1)C(F)(F)F)[C@H]1O[C@H]1C. The molecule has 1 heterocycles. The minimum atomic E-state index is -5.00. The topological polar surface area (TPSA) is 48.1 Å². The number of benzene rings is 1. The Balaban J connectivity index is 2.19. The molecule has 0 spiro atoms. The molecular weight excluding hydrogens is 385 g/mol. The number of unbranched alkanes of at least 4 members (excludes halogenated alkanes) is 4. The molecule has 0 N–H and O–H groups in total. The normalized spacial score (nSPS) is 22.3. The standard InChI is InChI=1S/C22H29F3O4/c1-4-5-6-7-8-12-15-18(19-16(2)28-19)29-20(26)21(27-3,22(23,24)25)17-13-10-9-11-14-17/h9-16,18-19H,4-8H2,1-3H3/b15-12+/t16-,18-,19-,21+/m0/s1. The molecular formula is C22H29F3O4. The number of esters is 1. The number of hydrogen-bond acceptors (Lipinski definition) is 4. The van der Waals surface area contributed by atoms with Gasteiger partial charge in [0.05, 0.1) is 6.10 Å². The lowest BCUT2D eigenvalue weighted by Crippen LogP contribution is -2.52. The van der Waals surface area contributed by atoms with E-state index in [0.29, 0.717) is 0 Å². The Morgan fingerprint density at radius 1 is 1.21 bits per heavy atom. The molecule has 4 nitrogen and oxygen atoms in total. The predicted molar refractivity (Wildman–Crippen MR) is 103 cm³/mol. The zero-order valence-corrected chi connectivity index (χ0v) is 17.1. The van der Waals surface area contributed by atoms with Crippen molar-refractivity contribution in [3.8, 4) is 0 Å². The Bertz CT molecular complexity index is 674. The molecule has 0 aliphatic carbocycles. The van der Waals surface area contributed by atoms with E-state index >= 15 is 0 Å². The number of ether oxygens (including phenoxy) is 3.